The predicted molar refractivity (Wildman–Crippen MR) is 150 cm³/mol. The molecule has 0 aromatic heterocycles. The maximum Gasteiger partial charge on any atom is 0.303 e. The number of carboxylic acids is 1. The van der Waals surface area contributed by atoms with Gasteiger partial charge in [0, 0.05) is 16.2 Å². The molecule has 196 valence electrons. The van der Waals surface area contributed by atoms with E-state index in [0.717, 1.165) is 34.6 Å². The zero-order chi connectivity index (χ0) is 26.6. The average molecular weight is 521 g/mol. The number of hydrogen-bond donors (Lipinski definition) is 1. The second-order valence-electron chi connectivity index (χ2n) is 10.8. The third kappa shape index (κ3) is 6.38. The second-order valence-corrected chi connectivity index (χ2v) is 11.8. The molecule has 0 saturated heterocycles. The highest BCUT2D eigenvalue weighted by Gasteiger charge is 2.37. The Morgan fingerprint density at radius 2 is 1.95 bits per heavy atom. The Balaban J connectivity index is 1.64. The van der Waals surface area contributed by atoms with Crippen molar-refractivity contribution in [2.45, 2.75) is 75.4 Å². The van der Waals surface area contributed by atoms with Gasteiger partial charge in [-0.3, -0.25) is 4.79 Å². The fourth-order valence-electron chi connectivity index (χ4n) is 5.71. The molecule has 0 spiro atoms. The molecule has 5 heteroatoms. The molecular weight excluding hydrogens is 483 g/mol. The molecular formula is C32H37FO3S. The summed E-state index contributed by atoms with van der Waals surface area (Å²) in [6.45, 7) is 6.68. The summed E-state index contributed by atoms with van der Waals surface area (Å²) in [5, 5.41) is 9.27. The molecule has 3 aromatic rings. The van der Waals surface area contributed by atoms with Crippen molar-refractivity contribution >= 4 is 17.7 Å². The van der Waals surface area contributed by atoms with Gasteiger partial charge in [-0.25, -0.2) is 4.39 Å². The van der Waals surface area contributed by atoms with Gasteiger partial charge in [0.25, 0.3) is 0 Å². The van der Waals surface area contributed by atoms with E-state index >= 15 is 4.39 Å². The monoisotopic (exact) mass is 520 g/mol. The van der Waals surface area contributed by atoms with Gasteiger partial charge in [-0.05, 0) is 89.1 Å². The highest BCUT2D eigenvalue weighted by atomic mass is 32.2. The van der Waals surface area contributed by atoms with Gasteiger partial charge in [-0.2, -0.15) is 0 Å². The molecule has 1 fully saturated rings. The lowest BCUT2D eigenvalue weighted by molar-refractivity contribution is -0.137. The van der Waals surface area contributed by atoms with Crippen LogP contribution in [0.15, 0.2) is 65.6 Å². The van der Waals surface area contributed by atoms with Crippen molar-refractivity contribution in [2.75, 3.05) is 7.11 Å². The summed E-state index contributed by atoms with van der Waals surface area (Å²) >= 11 is 1.75. The molecule has 0 amide bonds. The van der Waals surface area contributed by atoms with Crippen LogP contribution in [0.4, 0.5) is 4.39 Å². The van der Waals surface area contributed by atoms with E-state index in [1.54, 1.807) is 31.0 Å². The third-order valence-corrected chi connectivity index (χ3v) is 8.93. The maximum atomic E-state index is 15.0. The van der Waals surface area contributed by atoms with Crippen LogP contribution < -0.4 is 4.74 Å². The van der Waals surface area contributed by atoms with Crippen molar-refractivity contribution in [3.63, 3.8) is 0 Å². The number of aliphatic carboxylic acids is 1. The molecule has 1 N–H and O–H groups in total. The number of thioether (sulfide) groups is 1. The number of halogens is 1. The molecule has 2 atom stereocenters. The van der Waals surface area contributed by atoms with Gasteiger partial charge >= 0.3 is 5.97 Å². The number of methoxy groups -OCH3 is 1. The molecule has 0 unspecified atom stereocenters. The summed E-state index contributed by atoms with van der Waals surface area (Å²) in [7, 11) is 1.61. The van der Waals surface area contributed by atoms with Gasteiger partial charge in [-0.15, -0.1) is 11.8 Å². The largest absolute Gasteiger partial charge is 0.497 e. The minimum Gasteiger partial charge on any atom is -0.497 e. The smallest absolute Gasteiger partial charge is 0.303 e. The van der Waals surface area contributed by atoms with Gasteiger partial charge < -0.3 is 9.84 Å². The van der Waals surface area contributed by atoms with E-state index in [-0.39, 0.29) is 23.6 Å². The van der Waals surface area contributed by atoms with Crippen molar-refractivity contribution in [1.29, 1.82) is 0 Å². The molecule has 1 aliphatic rings. The fourth-order valence-corrected chi connectivity index (χ4v) is 6.62. The molecule has 4 rings (SSSR count). The van der Waals surface area contributed by atoms with Crippen LogP contribution in [0, 0.1) is 11.2 Å². The summed E-state index contributed by atoms with van der Waals surface area (Å²) < 4.78 is 20.4. The van der Waals surface area contributed by atoms with Crippen LogP contribution in [0.1, 0.15) is 81.4 Å². The van der Waals surface area contributed by atoms with Crippen LogP contribution in [-0.4, -0.2) is 18.2 Å². The predicted octanol–water partition coefficient (Wildman–Crippen LogP) is 9.06. The third-order valence-electron chi connectivity index (χ3n) is 7.86. The van der Waals surface area contributed by atoms with E-state index in [0.29, 0.717) is 17.2 Å². The molecule has 0 aliphatic heterocycles. The Bertz CT molecular complexity index is 1250. The SMILES string of the molecule is CC[C@H](CC(=O)O)c1cccc(SCc2ccc(-c3cc(OC)ccc3F)c([C@@H]3CCCC3(C)C)c2)c1. The Labute approximate surface area is 224 Å². The quantitative estimate of drug-likeness (QED) is 0.271. The highest BCUT2D eigenvalue weighted by molar-refractivity contribution is 7.98. The maximum absolute atomic E-state index is 15.0. The lowest BCUT2D eigenvalue weighted by Gasteiger charge is -2.30. The number of benzene rings is 3. The van der Waals surface area contributed by atoms with E-state index < -0.39 is 5.97 Å². The molecule has 1 aliphatic carbocycles. The number of ether oxygens (including phenoxy) is 1. The van der Waals surface area contributed by atoms with Crippen LogP contribution in [-0.2, 0) is 10.5 Å². The van der Waals surface area contributed by atoms with Crippen molar-refractivity contribution < 1.29 is 19.0 Å². The molecule has 37 heavy (non-hydrogen) atoms. The summed E-state index contributed by atoms with van der Waals surface area (Å²) in [5.74, 6) is 0.832. The van der Waals surface area contributed by atoms with Crippen LogP contribution >= 0.6 is 11.8 Å². The minimum atomic E-state index is -0.764. The zero-order valence-electron chi connectivity index (χ0n) is 22.2. The van der Waals surface area contributed by atoms with Crippen LogP contribution in [0.3, 0.4) is 0 Å². The second kappa shape index (κ2) is 11.7. The number of rotatable bonds is 10. The lowest BCUT2D eigenvalue weighted by atomic mass is 9.75. The summed E-state index contributed by atoms with van der Waals surface area (Å²) in [4.78, 5) is 12.4. The fraction of sp³-hybridized carbons (Fsp3) is 0.406. The Morgan fingerprint density at radius 3 is 2.62 bits per heavy atom. The lowest BCUT2D eigenvalue weighted by Crippen LogP contribution is -2.16. The van der Waals surface area contributed by atoms with E-state index in [9.17, 15) is 9.90 Å². The topological polar surface area (TPSA) is 46.5 Å². The molecule has 0 bridgehead atoms. The number of carbonyl (C=O) groups is 1. The first-order valence-corrected chi connectivity index (χ1v) is 14.1. The molecule has 3 nitrogen and oxygen atoms in total. The Hall–Kier alpha value is -2.79. The Kier molecular flexibility index (Phi) is 8.63. The van der Waals surface area contributed by atoms with E-state index in [4.69, 9.17) is 4.74 Å². The number of hydrogen-bond acceptors (Lipinski definition) is 3. The molecule has 1 saturated carbocycles. The molecule has 0 heterocycles. The van der Waals surface area contributed by atoms with Crippen LogP contribution in [0.25, 0.3) is 11.1 Å². The molecule has 3 aromatic carbocycles. The first kappa shape index (κ1) is 27.3. The van der Waals surface area contributed by atoms with Gasteiger partial charge in [-0.1, -0.05) is 57.5 Å². The minimum absolute atomic E-state index is 0.0197. The average Bonchev–Trinajstić information content (AvgIpc) is 3.25. The first-order chi connectivity index (χ1) is 17.7. The van der Waals surface area contributed by atoms with Gasteiger partial charge in [0.1, 0.15) is 11.6 Å². The Morgan fingerprint density at radius 1 is 1.14 bits per heavy atom. The molecule has 0 radical (unpaired) electrons. The number of carboxylic acid groups (broad SMARTS) is 1. The van der Waals surface area contributed by atoms with Crippen molar-refractivity contribution in [3.05, 3.63) is 83.2 Å². The van der Waals surface area contributed by atoms with Crippen molar-refractivity contribution in [1.82, 2.24) is 0 Å². The van der Waals surface area contributed by atoms with Crippen molar-refractivity contribution in [2.24, 2.45) is 5.41 Å². The standard InChI is InChI=1S/C32H37FO3S/c1-5-22(18-31(34)35)23-8-6-9-25(17-23)37-20-21-11-13-26(28-19-24(36-4)12-14-30(28)33)27(16-21)29-10-7-15-32(29,2)3/h6,8-9,11-14,16-17,19,22,29H,5,7,10,15,18,20H2,1-4H3,(H,34,35)/t22-,29+/m1/s1. The van der Waals surface area contributed by atoms with E-state index in [2.05, 4.69) is 44.2 Å². The van der Waals surface area contributed by atoms with Gasteiger partial charge in [0.15, 0.2) is 0 Å². The summed E-state index contributed by atoms with van der Waals surface area (Å²) in [6.07, 6.45) is 4.39. The first-order valence-electron chi connectivity index (χ1n) is 13.1. The summed E-state index contributed by atoms with van der Waals surface area (Å²) in [6, 6.07) is 19.7. The van der Waals surface area contributed by atoms with Crippen LogP contribution in [0.2, 0.25) is 0 Å². The highest BCUT2D eigenvalue weighted by Crippen LogP contribution is 2.51. The normalized spacial score (nSPS) is 17.5. The van der Waals surface area contributed by atoms with Crippen molar-refractivity contribution in [3.8, 4) is 16.9 Å². The van der Waals surface area contributed by atoms with E-state index in [1.165, 1.54) is 30.0 Å². The van der Waals surface area contributed by atoms with Gasteiger partial charge in [0.2, 0.25) is 0 Å². The van der Waals surface area contributed by atoms with Gasteiger partial charge in [0.05, 0.1) is 13.5 Å². The van der Waals surface area contributed by atoms with E-state index in [1.807, 2.05) is 19.1 Å². The summed E-state index contributed by atoms with van der Waals surface area (Å²) in [5.41, 5.74) is 5.20. The van der Waals surface area contributed by atoms with Crippen LogP contribution in [0.5, 0.6) is 5.75 Å². The zero-order valence-corrected chi connectivity index (χ0v) is 23.0.